The number of hydrogen-bond acceptors (Lipinski definition) is 5. The van der Waals surface area contributed by atoms with Crippen LogP contribution in [0.2, 0.25) is 0 Å². The molecular formula is C19H28N2O4S. The van der Waals surface area contributed by atoms with Crippen LogP contribution in [0, 0.1) is 5.92 Å². The van der Waals surface area contributed by atoms with Crippen LogP contribution >= 0.6 is 0 Å². The van der Waals surface area contributed by atoms with Gasteiger partial charge in [0.25, 0.3) is 0 Å². The van der Waals surface area contributed by atoms with Crippen LogP contribution in [-0.4, -0.2) is 52.2 Å². The molecule has 1 aromatic carbocycles. The molecule has 0 radical (unpaired) electrons. The summed E-state index contributed by atoms with van der Waals surface area (Å²) in [6, 6.07) is 5.58. The Hall–Kier alpha value is -1.31. The van der Waals surface area contributed by atoms with Crippen molar-refractivity contribution in [2.45, 2.75) is 49.5 Å². The number of ether oxygens (including phenoxy) is 2. The molecule has 6 nitrogen and oxygen atoms in total. The Bertz CT molecular complexity index is 723. The van der Waals surface area contributed by atoms with Crippen LogP contribution in [0.1, 0.15) is 38.5 Å². The molecule has 3 aliphatic rings. The molecule has 1 N–H and O–H groups in total. The zero-order valence-corrected chi connectivity index (χ0v) is 16.0. The lowest BCUT2D eigenvalue weighted by atomic mass is 9.96. The first-order chi connectivity index (χ1) is 12.6. The lowest BCUT2D eigenvalue weighted by Gasteiger charge is -2.36. The SMILES string of the molecule is O=S(=O)(NCC1CCN(C2CCCC2)CC1)c1ccc2c(c1)OCCO2. The Kier molecular flexibility index (Phi) is 5.38. The van der Waals surface area contributed by atoms with Gasteiger partial charge in [0, 0.05) is 18.7 Å². The summed E-state index contributed by atoms with van der Waals surface area (Å²) < 4.78 is 39.0. The van der Waals surface area contributed by atoms with E-state index in [1.54, 1.807) is 18.2 Å². The Morgan fingerprint density at radius 2 is 1.69 bits per heavy atom. The summed E-state index contributed by atoms with van der Waals surface area (Å²) in [6.07, 6.45) is 7.53. The zero-order valence-electron chi connectivity index (χ0n) is 15.2. The van der Waals surface area contributed by atoms with E-state index in [2.05, 4.69) is 9.62 Å². The van der Waals surface area contributed by atoms with Crippen molar-refractivity contribution in [3.05, 3.63) is 18.2 Å². The van der Waals surface area contributed by atoms with Crippen molar-refractivity contribution in [2.24, 2.45) is 5.92 Å². The summed E-state index contributed by atoms with van der Waals surface area (Å²) in [5.74, 6) is 1.53. The molecule has 0 amide bonds. The summed E-state index contributed by atoms with van der Waals surface area (Å²) in [6.45, 7) is 3.65. The van der Waals surface area contributed by atoms with Crippen molar-refractivity contribution in [2.75, 3.05) is 32.8 Å². The van der Waals surface area contributed by atoms with Gasteiger partial charge in [-0.25, -0.2) is 13.1 Å². The fourth-order valence-corrected chi connectivity index (χ4v) is 5.42. The first-order valence-corrected chi connectivity index (χ1v) is 11.2. The van der Waals surface area contributed by atoms with E-state index in [0.717, 1.165) is 32.0 Å². The van der Waals surface area contributed by atoms with E-state index in [1.165, 1.54) is 25.7 Å². The first kappa shape index (κ1) is 18.1. The lowest BCUT2D eigenvalue weighted by molar-refractivity contribution is 0.135. The van der Waals surface area contributed by atoms with E-state index in [1.807, 2.05) is 0 Å². The molecule has 2 aliphatic heterocycles. The Labute approximate surface area is 155 Å². The van der Waals surface area contributed by atoms with E-state index in [9.17, 15) is 8.42 Å². The molecule has 1 aliphatic carbocycles. The topological polar surface area (TPSA) is 67.9 Å². The minimum atomic E-state index is -3.52. The molecule has 26 heavy (non-hydrogen) atoms. The third-order valence-corrected chi connectivity index (χ3v) is 7.30. The van der Waals surface area contributed by atoms with Crippen LogP contribution < -0.4 is 14.2 Å². The van der Waals surface area contributed by atoms with Gasteiger partial charge in [0.05, 0.1) is 4.90 Å². The minimum Gasteiger partial charge on any atom is -0.486 e. The van der Waals surface area contributed by atoms with Gasteiger partial charge in [0.15, 0.2) is 11.5 Å². The molecule has 144 valence electrons. The number of benzene rings is 1. The maximum absolute atomic E-state index is 12.6. The molecule has 2 heterocycles. The first-order valence-electron chi connectivity index (χ1n) is 9.75. The predicted octanol–water partition coefficient (Wildman–Crippen LogP) is 2.39. The zero-order chi connectivity index (χ0) is 18.0. The summed E-state index contributed by atoms with van der Waals surface area (Å²) in [4.78, 5) is 2.85. The molecule has 0 spiro atoms. The van der Waals surface area contributed by atoms with Gasteiger partial charge in [-0.2, -0.15) is 0 Å². The maximum atomic E-state index is 12.6. The van der Waals surface area contributed by atoms with Gasteiger partial charge in [-0.3, -0.25) is 0 Å². The van der Waals surface area contributed by atoms with Crippen LogP contribution in [-0.2, 0) is 10.0 Å². The monoisotopic (exact) mass is 380 g/mol. The van der Waals surface area contributed by atoms with Gasteiger partial charge in [-0.05, 0) is 56.8 Å². The van der Waals surface area contributed by atoms with Gasteiger partial charge in [0.1, 0.15) is 13.2 Å². The minimum absolute atomic E-state index is 0.241. The molecule has 4 rings (SSSR count). The highest BCUT2D eigenvalue weighted by Gasteiger charge is 2.28. The lowest BCUT2D eigenvalue weighted by Crippen LogP contribution is -2.42. The highest BCUT2D eigenvalue weighted by Crippen LogP contribution is 2.32. The molecule has 0 atom stereocenters. The highest BCUT2D eigenvalue weighted by molar-refractivity contribution is 7.89. The largest absolute Gasteiger partial charge is 0.486 e. The van der Waals surface area contributed by atoms with Crippen LogP contribution in [0.5, 0.6) is 11.5 Å². The van der Waals surface area contributed by atoms with Crippen LogP contribution in [0.25, 0.3) is 0 Å². The fraction of sp³-hybridized carbons (Fsp3) is 0.684. The molecular weight excluding hydrogens is 352 g/mol. The summed E-state index contributed by atoms with van der Waals surface area (Å²) in [5.41, 5.74) is 0. The van der Waals surface area contributed by atoms with E-state index in [-0.39, 0.29) is 4.90 Å². The predicted molar refractivity (Wildman–Crippen MR) is 99.2 cm³/mol. The smallest absolute Gasteiger partial charge is 0.240 e. The van der Waals surface area contributed by atoms with Crippen molar-refractivity contribution in [3.8, 4) is 11.5 Å². The summed E-state index contributed by atoms with van der Waals surface area (Å²) in [5, 5.41) is 0. The van der Waals surface area contributed by atoms with Crippen molar-refractivity contribution >= 4 is 10.0 Å². The number of sulfonamides is 1. The molecule has 1 aromatic rings. The third kappa shape index (κ3) is 4.00. The average molecular weight is 381 g/mol. The standard InChI is InChI=1S/C19H28N2O4S/c22-26(23,17-5-6-18-19(13-17)25-12-11-24-18)20-14-15-7-9-21(10-8-15)16-3-1-2-4-16/h5-6,13,15-16,20H,1-4,7-12,14H2. The van der Waals surface area contributed by atoms with Gasteiger partial charge in [0.2, 0.25) is 10.0 Å². The number of nitrogens with zero attached hydrogens (tertiary/aromatic N) is 1. The van der Waals surface area contributed by atoms with Gasteiger partial charge >= 0.3 is 0 Å². The second kappa shape index (κ2) is 7.74. The van der Waals surface area contributed by atoms with Crippen molar-refractivity contribution < 1.29 is 17.9 Å². The third-order valence-electron chi connectivity index (χ3n) is 5.88. The van der Waals surface area contributed by atoms with E-state index in [4.69, 9.17) is 9.47 Å². The Morgan fingerprint density at radius 3 is 2.42 bits per heavy atom. The number of hydrogen-bond donors (Lipinski definition) is 1. The molecule has 0 bridgehead atoms. The van der Waals surface area contributed by atoms with E-state index in [0.29, 0.717) is 37.2 Å². The fourth-order valence-electron chi connectivity index (χ4n) is 4.29. The number of nitrogens with one attached hydrogen (secondary N) is 1. The van der Waals surface area contributed by atoms with Gasteiger partial charge < -0.3 is 14.4 Å². The average Bonchev–Trinajstić information content (AvgIpc) is 3.21. The quantitative estimate of drug-likeness (QED) is 0.850. The number of rotatable bonds is 5. The van der Waals surface area contributed by atoms with Crippen molar-refractivity contribution in [1.29, 1.82) is 0 Å². The molecule has 1 saturated carbocycles. The molecule has 2 fully saturated rings. The van der Waals surface area contributed by atoms with Gasteiger partial charge in [-0.15, -0.1) is 0 Å². The van der Waals surface area contributed by atoms with Crippen LogP contribution in [0.4, 0.5) is 0 Å². The van der Waals surface area contributed by atoms with E-state index < -0.39 is 10.0 Å². The normalized spacial score (nSPS) is 22.6. The van der Waals surface area contributed by atoms with Crippen molar-refractivity contribution in [1.82, 2.24) is 9.62 Å². The summed E-state index contributed by atoms with van der Waals surface area (Å²) in [7, 11) is -3.52. The maximum Gasteiger partial charge on any atom is 0.240 e. The second-order valence-electron chi connectivity index (χ2n) is 7.57. The number of fused-ring (bicyclic) bond motifs is 1. The molecule has 7 heteroatoms. The second-order valence-corrected chi connectivity index (χ2v) is 9.34. The van der Waals surface area contributed by atoms with Crippen molar-refractivity contribution in [3.63, 3.8) is 0 Å². The molecule has 0 unspecified atom stereocenters. The highest BCUT2D eigenvalue weighted by atomic mass is 32.2. The van der Waals surface area contributed by atoms with E-state index >= 15 is 0 Å². The van der Waals surface area contributed by atoms with Crippen LogP contribution in [0.15, 0.2) is 23.1 Å². The summed E-state index contributed by atoms with van der Waals surface area (Å²) >= 11 is 0. The van der Waals surface area contributed by atoms with Gasteiger partial charge in [-0.1, -0.05) is 12.8 Å². The van der Waals surface area contributed by atoms with Crippen LogP contribution in [0.3, 0.4) is 0 Å². The Balaban J connectivity index is 1.31. The molecule has 1 saturated heterocycles. The number of likely N-dealkylation sites (tertiary alicyclic amines) is 1. The molecule has 0 aromatic heterocycles. The number of piperidine rings is 1. The Morgan fingerprint density at radius 1 is 1.00 bits per heavy atom.